The number of esters is 1. The van der Waals surface area contributed by atoms with Crippen LogP contribution in [0.5, 0.6) is 0 Å². The summed E-state index contributed by atoms with van der Waals surface area (Å²) < 4.78 is 10.1. The quantitative estimate of drug-likeness (QED) is 0.662. The first-order valence-corrected chi connectivity index (χ1v) is 5.83. The van der Waals surface area contributed by atoms with Crippen LogP contribution in [0.2, 0.25) is 0 Å². The molecule has 0 aromatic carbocycles. The van der Waals surface area contributed by atoms with Gasteiger partial charge in [0, 0.05) is 13.0 Å². The lowest BCUT2D eigenvalue weighted by molar-refractivity contribution is -0.142. The van der Waals surface area contributed by atoms with Crippen molar-refractivity contribution >= 4 is 35.0 Å². The van der Waals surface area contributed by atoms with Crippen molar-refractivity contribution in [2.24, 2.45) is 0 Å². The molecule has 0 unspecified atom stereocenters. The van der Waals surface area contributed by atoms with Crippen LogP contribution in [0.1, 0.15) is 18.4 Å². The third kappa shape index (κ3) is 3.01. The van der Waals surface area contributed by atoms with Gasteiger partial charge in [-0.3, -0.25) is 19.7 Å². The molecule has 1 aromatic heterocycles. The minimum Gasteiger partial charge on any atom is -0.458 e. The molecule has 0 saturated carbocycles. The highest BCUT2D eigenvalue weighted by Gasteiger charge is 2.25. The van der Waals surface area contributed by atoms with Crippen molar-refractivity contribution in [1.29, 1.82) is 0 Å². The highest BCUT2D eigenvalue weighted by atomic mass is 32.2. The highest BCUT2D eigenvalue weighted by Crippen LogP contribution is 2.26. The number of nitrogens with one attached hydrogen (secondary N) is 1. The molecule has 1 aromatic rings. The second-order valence-electron chi connectivity index (χ2n) is 3.44. The van der Waals surface area contributed by atoms with Crippen LogP contribution in [-0.2, 0) is 20.9 Å². The van der Waals surface area contributed by atoms with Crippen LogP contribution < -0.4 is 5.32 Å². The Labute approximate surface area is 106 Å². The minimum atomic E-state index is -0.442. The van der Waals surface area contributed by atoms with Crippen LogP contribution in [0.15, 0.2) is 21.5 Å². The Morgan fingerprint density at radius 2 is 2.28 bits per heavy atom. The standard InChI is InChI=1S/C11H9NO5S/c1-6(13)16-5-8-3-2-7(17-8)4-9-10(14)12-11(15)18-9/h2-4H,5H2,1H3,(H,12,14,15). The van der Waals surface area contributed by atoms with E-state index < -0.39 is 17.1 Å². The van der Waals surface area contributed by atoms with Gasteiger partial charge >= 0.3 is 5.97 Å². The number of rotatable bonds is 3. The van der Waals surface area contributed by atoms with E-state index in [1.807, 2.05) is 0 Å². The molecule has 1 N–H and O–H groups in total. The second-order valence-corrected chi connectivity index (χ2v) is 4.45. The van der Waals surface area contributed by atoms with Gasteiger partial charge in [0.2, 0.25) is 0 Å². The fraction of sp³-hybridized carbons (Fsp3) is 0.182. The molecule has 2 heterocycles. The molecular weight excluding hydrogens is 258 g/mol. The number of ether oxygens (including phenoxy) is 1. The Balaban J connectivity index is 2.06. The van der Waals surface area contributed by atoms with Crippen LogP contribution in [-0.4, -0.2) is 17.1 Å². The maximum atomic E-state index is 11.3. The van der Waals surface area contributed by atoms with Gasteiger partial charge in [0.1, 0.15) is 18.1 Å². The number of amides is 2. The topological polar surface area (TPSA) is 85.6 Å². The zero-order valence-electron chi connectivity index (χ0n) is 9.39. The normalized spacial score (nSPS) is 17.1. The minimum absolute atomic E-state index is 0.0385. The van der Waals surface area contributed by atoms with Crippen molar-refractivity contribution in [3.63, 3.8) is 0 Å². The van der Waals surface area contributed by atoms with E-state index in [-0.39, 0.29) is 11.5 Å². The summed E-state index contributed by atoms with van der Waals surface area (Å²) >= 11 is 0.812. The van der Waals surface area contributed by atoms with Crippen molar-refractivity contribution in [3.05, 3.63) is 28.6 Å². The summed E-state index contributed by atoms with van der Waals surface area (Å²) in [5.74, 6) is 0.0434. The van der Waals surface area contributed by atoms with Gasteiger partial charge in [0.25, 0.3) is 11.1 Å². The van der Waals surface area contributed by atoms with Crippen molar-refractivity contribution in [2.75, 3.05) is 0 Å². The zero-order valence-corrected chi connectivity index (χ0v) is 10.2. The van der Waals surface area contributed by atoms with Crippen LogP contribution in [0.3, 0.4) is 0 Å². The van der Waals surface area contributed by atoms with Gasteiger partial charge in [-0.15, -0.1) is 0 Å². The molecule has 0 aliphatic carbocycles. The Morgan fingerprint density at radius 1 is 1.50 bits per heavy atom. The molecule has 1 aliphatic heterocycles. The lowest BCUT2D eigenvalue weighted by atomic mass is 10.4. The molecule has 1 fully saturated rings. The molecule has 0 spiro atoms. The van der Waals surface area contributed by atoms with Crippen molar-refractivity contribution in [1.82, 2.24) is 5.32 Å². The Morgan fingerprint density at radius 3 is 2.89 bits per heavy atom. The average molecular weight is 267 g/mol. The molecule has 0 radical (unpaired) electrons. The van der Waals surface area contributed by atoms with Crippen LogP contribution in [0, 0.1) is 0 Å². The lowest BCUT2D eigenvalue weighted by Gasteiger charge is -1.96. The molecule has 7 heteroatoms. The maximum absolute atomic E-state index is 11.3. The van der Waals surface area contributed by atoms with Gasteiger partial charge in [0.05, 0.1) is 4.91 Å². The van der Waals surface area contributed by atoms with Crippen molar-refractivity contribution in [2.45, 2.75) is 13.5 Å². The van der Waals surface area contributed by atoms with E-state index in [2.05, 4.69) is 5.32 Å². The maximum Gasteiger partial charge on any atom is 0.303 e. The number of carbonyl (C=O) groups excluding carboxylic acids is 3. The average Bonchev–Trinajstić information content (AvgIpc) is 2.84. The number of hydrogen-bond donors (Lipinski definition) is 1. The van der Waals surface area contributed by atoms with Gasteiger partial charge in [-0.05, 0) is 23.9 Å². The monoisotopic (exact) mass is 267 g/mol. The van der Waals surface area contributed by atoms with Gasteiger partial charge in [0.15, 0.2) is 0 Å². The Kier molecular flexibility index (Phi) is 3.52. The first-order chi connectivity index (χ1) is 8.54. The van der Waals surface area contributed by atoms with Crippen molar-refractivity contribution < 1.29 is 23.5 Å². The van der Waals surface area contributed by atoms with E-state index in [1.165, 1.54) is 13.0 Å². The van der Waals surface area contributed by atoms with Crippen LogP contribution in [0.4, 0.5) is 4.79 Å². The Hall–Kier alpha value is -2.02. The molecular formula is C11H9NO5S. The summed E-state index contributed by atoms with van der Waals surface area (Å²) in [5, 5.41) is 1.74. The summed E-state index contributed by atoms with van der Waals surface area (Å²) in [6.45, 7) is 1.34. The van der Waals surface area contributed by atoms with E-state index in [0.717, 1.165) is 11.8 Å². The summed E-state index contributed by atoms with van der Waals surface area (Å²) in [5.41, 5.74) is 0. The highest BCUT2D eigenvalue weighted by molar-refractivity contribution is 8.18. The van der Waals surface area contributed by atoms with Crippen molar-refractivity contribution in [3.8, 4) is 0 Å². The molecule has 18 heavy (non-hydrogen) atoms. The second kappa shape index (κ2) is 5.09. The molecule has 0 bridgehead atoms. The molecule has 0 atom stereocenters. The number of imide groups is 1. The number of thioether (sulfide) groups is 1. The van der Waals surface area contributed by atoms with Gasteiger partial charge in [-0.2, -0.15) is 0 Å². The van der Waals surface area contributed by atoms with Crippen LogP contribution >= 0.6 is 11.8 Å². The fourth-order valence-corrected chi connectivity index (χ4v) is 1.93. The van der Waals surface area contributed by atoms with Gasteiger partial charge in [-0.1, -0.05) is 0 Å². The summed E-state index contributed by atoms with van der Waals surface area (Å²) in [6.07, 6.45) is 1.46. The molecule has 1 aliphatic rings. The molecule has 6 nitrogen and oxygen atoms in total. The molecule has 1 saturated heterocycles. The van der Waals surface area contributed by atoms with E-state index in [1.54, 1.807) is 12.1 Å². The summed E-state index contributed by atoms with van der Waals surface area (Å²) in [4.78, 5) is 33.1. The first-order valence-electron chi connectivity index (χ1n) is 5.01. The Bertz CT molecular complexity index is 545. The molecule has 2 amide bonds. The zero-order chi connectivity index (χ0) is 13.1. The predicted molar refractivity (Wildman–Crippen MR) is 63.3 cm³/mol. The first kappa shape index (κ1) is 12.4. The van der Waals surface area contributed by atoms with E-state index in [4.69, 9.17) is 9.15 Å². The number of furan rings is 1. The molecule has 94 valence electrons. The summed E-state index contributed by atoms with van der Waals surface area (Å²) in [7, 11) is 0. The van der Waals surface area contributed by atoms with Gasteiger partial charge < -0.3 is 9.15 Å². The number of hydrogen-bond acceptors (Lipinski definition) is 6. The van der Waals surface area contributed by atoms with Gasteiger partial charge in [-0.25, -0.2) is 0 Å². The fourth-order valence-electron chi connectivity index (χ4n) is 1.27. The largest absolute Gasteiger partial charge is 0.458 e. The lowest BCUT2D eigenvalue weighted by Crippen LogP contribution is -2.17. The summed E-state index contributed by atoms with van der Waals surface area (Å²) in [6, 6.07) is 3.26. The van der Waals surface area contributed by atoms with Crippen LogP contribution in [0.25, 0.3) is 6.08 Å². The van der Waals surface area contributed by atoms with E-state index >= 15 is 0 Å². The predicted octanol–water partition coefficient (Wildman–Crippen LogP) is 1.67. The number of carbonyl (C=O) groups is 3. The van der Waals surface area contributed by atoms with E-state index in [9.17, 15) is 14.4 Å². The third-order valence-corrected chi connectivity index (χ3v) is 2.83. The SMILES string of the molecule is CC(=O)OCc1ccc(C=C2SC(=O)NC2=O)o1. The third-order valence-electron chi connectivity index (χ3n) is 2.02. The molecule has 2 rings (SSSR count). The smallest absolute Gasteiger partial charge is 0.303 e. The van der Waals surface area contributed by atoms with E-state index in [0.29, 0.717) is 11.5 Å².